The molecule has 2 rings (SSSR count). The predicted molar refractivity (Wildman–Crippen MR) is 114 cm³/mol. The van der Waals surface area contributed by atoms with Gasteiger partial charge in [-0.1, -0.05) is 60.7 Å². The molecule has 2 N–H and O–H groups in total. The number of carbonyl (C=O) groups is 3. The van der Waals surface area contributed by atoms with Crippen LogP contribution in [0.3, 0.4) is 0 Å². The summed E-state index contributed by atoms with van der Waals surface area (Å²) in [5.41, 5.74) is 1.44. The standard InChI is InChI=1S/C21H25N2O8P/c1-28-32(27,29-2)15-18(24)22-19(20(25)30-13-16-9-5-3-6-10-16)23-21(26)31-14-17-11-7-4-8-12-17/h3-12,19H,13-15H2,1-2H3,(H,22,24)(H,23,26). The van der Waals surface area contributed by atoms with Gasteiger partial charge in [-0.05, 0) is 11.1 Å². The average Bonchev–Trinajstić information content (AvgIpc) is 2.82. The van der Waals surface area contributed by atoms with Crippen molar-refractivity contribution in [3.8, 4) is 0 Å². The van der Waals surface area contributed by atoms with Gasteiger partial charge in [0, 0.05) is 14.2 Å². The molecule has 11 heteroatoms. The number of rotatable bonds is 11. The minimum atomic E-state index is -3.68. The van der Waals surface area contributed by atoms with E-state index in [0.29, 0.717) is 5.56 Å². The molecule has 0 heterocycles. The fourth-order valence-electron chi connectivity index (χ4n) is 2.43. The molecule has 32 heavy (non-hydrogen) atoms. The molecule has 0 fully saturated rings. The Labute approximate surface area is 185 Å². The first-order valence-electron chi connectivity index (χ1n) is 9.53. The van der Waals surface area contributed by atoms with Crippen molar-refractivity contribution in [2.75, 3.05) is 20.4 Å². The van der Waals surface area contributed by atoms with Crippen molar-refractivity contribution in [1.29, 1.82) is 0 Å². The Balaban J connectivity index is 2.01. The van der Waals surface area contributed by atoms with Crippen LogP contribution >= 0.6 is 7.60 Å². The monoisotopic (exact) mass is 464 g/mol. The summed E-state index contributed by atoms with van der Waals surface area (Å²) >= 11 is 0. The van der Waals surface area contributed by atoms with Gasteiger partial charge in [0.2, 0.25) is 12.1 Å². The Kier molecular flexibility index (Phi) is 9.87. The van der Waals surface area contributed by atoms with Crippen molar-refractivity contribution in [3.05, 3.63) is 71.8 Å². The lowest BCUT2D eigenvalue weighted by atomic mass is 10.2. The molecule has 0 saturated heterocycles. The summed E-state index contributed by atoms with van der Waals surface area (Å²) in [7, 11) is -1.43. The maximum absolute atomic E-state index is 12.5. The first-order valence-corrected chi connectivity index (χ1v) is 11.3. The largest absolute Gasteiger partial charge is 0.458 e. The van der Waals surface area contributed by atoms with Crippen molar-refractivity contribution in [2.24, 2.45) is 0 Å². The number of ether oxygens (including phenoxy) is 2. The fourth-order valence-corrected chi connectivity index (χ4v) is 3.29. The van der Waals surface area contributed by atoms with Gasteiger partial charge in [0.25, 0.3) is 0 Å². The van der Waals surface area contributed by atoms with E-state index < -0.39 is 37.9 Å². The second kappa shape index (κ2) is 12.6. The summed E-state index contributed by atoms with van der Waals surface area (Å²) in [5, 5.41) is 4.49. The topological polar surface area (TPSA) is 129 Å². The molecule has 0 saturated carbocycles. The van der Waals surface area contributed by atoms with Gasteiger partial charge in [0.1, 0.15) is 19.4 Å². The lowest BCUT2D eigenvalue weighted by molar-refractivity contribution is -0.149. The van der Waals surface area contributed by atoms with Crippen molar-refractivity contribution < 1.29 is 37.5 Å². The Hall–Kier alpha value is -3.20. The summed E-state index contributed by atoms with van der Waals surface area (Å²) in [4.78, 5) is 37.0. The van der Waals surface area contributed by atoms with Crippen LogP contribution in [0.1, 0.15) is 11.1 Å². The van der Waals surface area contributed by atoms with E-state index in [1.807, 2.05) is 12.1 Å². The normalized spacial score (nSPS) is 11.8. The van der Waals surface area contributed by atoms with Crippen LogP contribution in [0, 0.1) is 0 Å². The number of esters is 1. The zero-order valence-corrected chi connectivity index (χ0v) is 18.6. The SMILES string of the molecule is COP(=O)(CC(=O)NC(NC(=O)OCc1ccccc1)C(=O)OCc1ccccc1)OC. The molecule has 1 unspecified atom stereocenters. The van der Waals surface area contributed by atoms with Crippen LogP contribution < -0.4 is 10.6 Å². The van der Waals surface area contributed by atoms with E-state index in [1.165, 1.54) is 0 Å². The van der Waals surface area contributed by atoms with Crippen LogP contribution in [0.5, 0.6) is 0 Å². The van der Waals surface area contributed by atoms with Crippen LogP contribution in [0.15, 0.2) is 60.7 Å². The van der Waals surface area contributed by atoms with E-state index in [1.54, 1.807) is 48.5 Å². The predicted octanol–water partition coefficient (Wildman–Crippen LogP) is 2.58. The number of benzene rings is 2. The highest BCUT2D eigenvalue weighted by atomic mass is 31.2. The number of hydrogen-bond donors (Lipinski definition) is 2. The van der Waals surface area contributed by atoms with Crippen LogP contribution in [0.25, 0.3) is 0 Å². The van der Waals surface area contributed by atoms with Crippen LogP contribution in [-0.4, -0.2) is 44.5 Å². The van der Waals surface area contributed by atoms with Gasteiger partial charge < -0.3 is 23.8 Å². The zero-order chi connectivity index (χ0) is 23.4. The first kappa shape index (κ1) is 25.1. The van der Waals surface area contributed by atoms with E-state index in [-0.39, 0.29) is 13.2 Å². The molecule has 0 bridgehead atoms. The summed E-state index contributed by atoms with van der Waals surface area (Å²) < 4.78 is 31.9. The van der Waals surface area contributed by atoms with E-state index in [0.717, 1.165) is 19.8 Å². The highest BCUT2D eigenvalue weighted by Gasteiger charge is 2.30. The maximum Gasteiger partial charge on any atom is 0.409 e. The lowest BCUT2D eigenvalue weighted by Gasteiger charge is -2.20. The van der Waals surface area contributed by atoms with Crippen LogP contribution in [-0.2, 0) is 45.9 Å². The third-order valence-electron chi connectivity index (χ3n) is 4.13. The third kappa shape index (κ3) is 8.50. The van der Waals surface area contributed by atoms with Gasteiger partial charge in [-0.2, -0.15) is 0 Å². The second-order valence-electron chi connectivity index (χ2n) is 6.43. The lowest BCUT2D eigenvalue weighted by Crippen LogP contribution is -2.54. The van der Waals surface area contributed by atoms with Gasteiger partial charge in [-0.25, -0.2) is 9.59 Å². The van der Waals surface area contributed by atoms with Crippen LogP contribution in [0.2, 0.25) is 0 Å². The first-order chi connectivity index (χ1) is 15.3. The van der Waals surface area contributed by atoms with E-state index in [9.17, 15) is 18.9 Å². The van der Waals surface area contributed by atoms with Gasteiger partial charge in [0.15, 0.2) is 0 Å². The molecular weight excluding hydrogens is 439 g/mol. The number of hydrogen-bond acceptors (Lipinski definition) is 8. The van der Waals surface area contributed by atoms with Gasteiger partial charge in [0.05, 0.1) is 0 Å². The Morgan fingerprint density at radius 3 is 1.81 bits per heavy atom. The molecular formula is C21H25N2O8P. The Bertz CT molecular complexity index is 931. The van der Waals surface area contributed by atoms with Crippen molar-refractivity contribution >= 4 is 25.6 Å². The third-order valence-corrected chi connectivity index (χ3v) is 5.92. The van der Waals surface area contributed by atoms with E-state index >= 15 is 0 Å². The van der Waals surface area contributed by atoms with Gasteiger partial charge in [-0.15, -0.1) is 0 Å². The molecule has 2 aromatic carbocycles. The highest BCUT2D eigenvalue weighted by Crippen LogP contribution is 2.45. The summed E-state index contributed by atoms with van der Waals surface area (Å²) in [6, 6.07) is 17.7. The molecule has 10 nitrogen and oxygen atoms in total. The summed E-state index contributed by atoms with van der Waals surface area (Å²) in [6.45, 7) is -0.129. The molecule has 2 aromatic rings. The number of carbonyl (C=O) groups excluding carboxylic acids is 3. The molecule has 0 aliphatic heterocycles. The minimum absolute atomic E-state index is 0.0467. The van der Waals surface area contributed by atoms with E-state index in [4.69, 9.17) is 18.5 Å². The summed E-state index contributed by atoms with van der Waals surface area (Å²) in [6.07, 6.45) is -3.21. The molecule has 0 aliphatic carbocycles. The van der Waals surface area contributed by atoms with Crippen molar-refractivity contribution in [2.45, 2.75) is 19.4 Å². The highest BCUT2D eigenvalue weighted by molar-refractivity contribution is 7.54. The van der Waals surface area contributed by atoms with Gasteiger partial charge >= 0.3 is 19.7 Å². The molecule has 0 aromatic heterocycles. The maximum atomic E-state index is 12.5. The number of amides is 2. The second-order valence-corrected chi connectivity index (χ2v) is 8.70. The number of alkyl carbamates (subject to hydrolysis) is 1. The van der Waals surface area contributed by atoms with E-state index in [2.05, 4.69) is 10.6 Å². The quantitative estimate of drug-likeness (QED) is 0.295. The Morgan fingerprint density at radius 2 is 1.31 bits per heavy atom. The van der Waals surface area contributed by atoms with Gasteiger partial charge in [-0.3, -0.25) is 14.7 Å². The number of nitrogens with one attached hydrogen (secondary N) is 2. The molecule has 0 radical (unpaired) electrons. The molecule has 172 valence electrons. The average molecular weight is 464 g/mol. The zero-order valence-electron chi connectivity index (χ0n) is 17.7. The minimum Gasteiger partial charge on any atom is -0.458 e. The van der Waals surface area contributed by atoms with Crippen molar-refractivity contribution in [3.63, 3.8) is 0 Å². The molecule has 0 spiro atoms. The fraction of sp³-hybridized carbons (Fsp3) is 0.286. The van der Waals surface area contributed by atoms with Crippen LogP contribution in [0.4, 0.5) is 4.79 Å². The molecule has 1 atom stereocenters. The molecule has 0 aliphatic rings. The smallest absolute Gasteiger partial charge is 0.409 e. The molecule has 2 amide bonds. The van der Waals surface area contributed by atoms with Crippen molar-refractivity contribution in [1.82, 2.24) is 10.6 Å². The summed E-state index contributed by atoms with van der Waals surface area (Å²) in [5.74, 6) is -1.80. The Morgan fingerprint density at radius 1 is 0.812 bits per heavy atom.